The van der Waals surface area contributed by atoms with Crippen LogP contribution in [-0.2, 0) is 31.1 Å². The number of benzene rings is 2. The minimum absolute atomic E-state index is 0.113. The van der Waals surface area contributed by atoms with Crippen molar-refractivity contribution in [2.75, 3.05) is 31.6 Å². The molecule has 0 bridgehead atoms. The quantitative estimate of drug-likeness (QED) is 0.0865. The van der Waals surface area contributed by atoms with Crippen LogP contribution in [0.25, 0.3) is 27.9 Å². The number of nitrogens with one attached hydrogen (secondary N) is 2. The molecule has 51 heavy (non-hydrogen) atoms. The highest BCUT2D eigenvalue weighted by molar-refractivity contribution is 5.95. The molecule has 14 heteroatoms. The molecule has 1 saturated heterocycles. The number of esters is 1. The Bertz CT molecular complexity index is 2120. The molecule has 262 valence electrons. The lowest BCUT2D eigenvalue weighted by Crippen LogP contribution is -2.40. The molecule has 3 aromatic heterocycles. The van der Waals surface area contributed by atoms with Gasteiger partial charge in [0.15, 0.2) is 5.65 Å². The topological polar surface area (TPSA) is 152 Å². The van der Waals surface area contributed by atoms with E-state index in [2.05, 4.69) is 30.9 Å². The molecule has 0 radical (unpaired) electrons. The summed E-state index contributed by atoms with van der Waals surface area (Å²) in [4.78, 5) is 46.7. The van der Waals surface area contributed by atoms with Crippen molar-refractivity contribution < 1.29 is 28.2 Å². The van der Waals surface area contributed by atoms with Gasteiger partial charge in [0.1, 0.15) is 24.6 Å². The fourth-order valence-electron chi connectivity index (χ4n) is 5.85. The largest absolute Gasteiger partial charge is 0.461 e. The number of morpholine rings is 1. The fourth-order valence-corrected chi connectivity index (χ4v) is 5.85. The molecule has 0 unspecified atom stereocenters. The number of anilines is 2. The molecular weight excluding hydrogens is 655 g/mol. The number of nitrogens with zero attached hydrogens (tertiary/aromatic N) is 6. The van der Waals surface area contributed by atoms with E-state index in [9.17, 15) is 14.4 Å². The average molecular weight is 693 g/mol. The van der Waals surface area contributed by atoms with Crippen molar-refractivity contribution in [1.82, 2.24) is 29.9 Å². The molecule has 0 aliphatic carbocycles. The molecule has 0 atom stereocenters. The van der Waals surface area contributed by atoms with Gasteiger partial charge < -0.3 is 19.7 Å². The Balaban J connectivity index is 1.44. The van der Waals surface area contributed by atoms with Crippen LogP contribution < -0.4 is 10.7 Å². The predicted octanol–water partition coefficient (Wildman–Crippen LogP) is 5.25. The zero-order valence-corrected chi connectivity index (χ0v) is 28.6. The first-order valence-corrected chi connectivity index (χ1v) is 16.3. The average Bonchev–Trinajstić information content (AvgIpc) is 3.60. The molecule has 6 rings (SSSR count). The van der Waals surface area contributed by atoms with Gasteiger partial charge in [-0.1, -0.05) is 39.0 Å². The number of ether oxygens (including phenoxy) is 2. The summed E-state index contributed by atoms with van der Waals surface area (Å²) in [7, 11) is 0. The number of hydrazone groups is 1. The highest BCUT2D eigenvalue weighted by atomic mass is 19.1. The van der Waals surface area contributed by atoms with E-state index in [4.69, 9.17) is 9.47 Å². The Kier molecular flexibility index (Phi) is 10.1. The van der Waals surface area contributed by atoms with E-state index in [1.807, 2.05) is 39.0 Å². The Morgan fingerprint density at radius 3 is 2.57 bits per heavy atom. The van der Waals surface area contributed by atoms with Crippen LogP contribution in [0.15, 0.2) is 72.4 Å². The normalized spacial score (nSPS) is 13.4. The third-order valence-corrected chi connectivity index (χ3v) is 8.44. The number of amides is 2. The summed E-state index contributed by atoms with van der Waals surface area (Å²) in [5.41, 5.74) is 7.07. The number of fused-ring (bicyclic) bond motifs is 1. The number of hydrogen-bond acceptors (Lipinski definition) is 10. The summed E-state index contributed by atoms with van der Waals surface area (Å²) in [6.45, 7) is 9.11. The highest BCUT2D eigenvalue weighted by Gasteiger charge is 2.24. The summed E-state index contributed by atoms with van der Waals surface area (Å²) in [6, 6.07) is 14.0. The first-order valence-electron chi connectivity index (χ1n) is 16.3. The number of halogens is 1. The van der Waals surface area contributed by atoms with E-state index in [-0.39, 0.29) is 23.5 Å². The van der Waals surface area contributed by atoms with Gasteiger partial charge in [0.2, 0.25) is 6.41 Å². The number of hydrogen-bond donors (Lipinski definition) is 2. The van der Waals surface area contributed by atoms with Gasteiger partial charge in [-0.15, -0.1) is 0 Å². The van der Waals surface area contributed by atoms with Crippen LogP contribution in [0.2, 0.25) is 0 Å². The van der Waals surface area contributed by atoms with E-state index >= 15 is 4.39 Å². The van der Waals surface area contributed by atoms with Gasteiger partial charge in [-0.3, -0.25) is 14.4 Å². The highest BCUT2D eigenvalue weighted by Crippen LogP contribution is 2.39. The molecule has 4 heterocycles. The molecule has 1 aliphatic heterocycles. The number of aromatic nitrogens is 4. The van der Waals surface area contributed by atoms with Crippen LogP contribution in [0.5, 0.6) is 0 Å². The Labute approximate surface area is 293 Å². The number of carbonyl (C=O) groups is 3. The second kappa shape index (κ2) is 14.8. The maximum Gasteiger partial charge on any atom is 0.302 e. The van der Waals surface area contributed by atoms with Gasteiger partial charge >= 0.3 is 5.97 Å². The minimum Gasteiger partial charge on any atom is -0.461 e. The van der Waals surface area contributed by atoms with Crippen molar-refractivity contribution in [1.29, 1.82) is 0 Å². The van der Waals surface area contributed by atoms with Crippen molar-refractivity contribution in [3.63, 3.8) is 0 Å². The van der Waals surface area contributed by atoms with Crippen molar-refractivity contribution in [3.8, 4) is 22.3 Å². The second-order valence-corrected chi connectivity index (χ2v) is 12.9. The third kappa shape index (κ3) is 7.75. The molecule has 2 N–H and O–H groups in total. The summed E-state index contributed by atoms with van der Waals surface area (Å²) in [5, 5.41) is 11.6. The summed E-state index contributed by atoms with van der Waals surface area (Å²) >= 11 is 0. The van der Waals surface area contributed by atoms with Crippen LogP contribution in [0.3, 0.4) is 0 Å². The molecule has 1 fully saturated rings. The van der Waals surface area contributed by atoms with E-state index in [0.29, 0.717) is 83.2 Å². The number of pyridine rings is 2. The van der Waals surface area contributed by atoms with Gasteiger partial charge in [0, 0.05) is 54.7 Å². The maximum absolute atomic E-state index is 16.3. The molecule has 5 aromatic rings. The zero-order chi connectivity index (χ0) is 36.1. The molecule has 13 nitrogen and oxygen atoms in total. The molecule has 0 saturated carbocycles. The Morgan fingerprint density at radius 2 is 1.86 bits per heavy atom. The predicted molar refractivity (Wildman–Crippen MR) is 189 cm³/mol. The van der Waals surface area contributed by atoms with Gasteiger partial charge in [-0.05, 0) is 52.4 Å². The van der Waals surface area contributed by atoms with Crippen LogP contribution in [-0.4, -0.2) is 75.3 Å². The maximum atomic E-state index is 16.3. The molecule has 2 aromatic carbocycles. The lowest BCUT2D eigenvalue weighted by atomic mass is 9.83. The van der Waals surface area contributed by atoms with Gasteiger partial charge in [0.05, 0.1) is 30.7 Å². The van der Waals surface area contributed by atoms with Gasteiger partial charge in [-0.2, -0.15) is 10.2 Å². The van der Waals surface area contributed by atoms with Gasteiger partial charge in [0.25, 0.3) is 5.91 Å². The van der Waals surface area contributed by atoms with E-state index in [0.717, 1.165) is 5.56 Å². The molecule has 0 spiro atoms. The van der Waals surface area contributed by atoms with Crippen LogP contribution in [0.4, 0.5) is 15.9 Å². The summed E-state index contributed by atoms with van der Waals surface area (Å²) in [6.07, 6.45) is 6.53. The Hall–Kier alpha value is -6.02. The standard InChI is InChI=1S/C37H37FN8O5/c1-23(48)51-20-30-28(6-5-7-29(30)34-25(18-41-42-22-47)14-27(16-31(34)38)37(2,3)4)26-15-32(35-40-21-43-46(35)19-26)44-33-9-8-24(17-39-33)36(49)45-10-12-50-13-11-45/h5-9,14-19,21-22H,10-13,20H2,1-4H3,(H,39,44)(H,42,47)/b41-18-. The first-order chi connectivity index (χ1) is 24.5. The SMILES string of the molecule is CC(=O)OCc1c(-c2cc(Nc3ccc(C(=O)N4CCOCC4)cn3)c3ncnn3c2)cccc1-c1c(F)cc(C(C)(C)C)cc1/C=N\NC=O. The number of carbonyl (C=O) groups excluding carboxylic acids is 3. The summed E-state index contributed by atoms with van der Waals surface area (Å²) < 4.78 is 28.8. The van der Waals surface area contributed by atoms with E-state index in [1.165, 1.54) is 31.7 Å². The van der Waals surface area contributed by atoms with Crippen LogP contribution in [0, 0.1) is 5.82 Å². The first kappa shape index (κ1) is 34.8. The lowest BCUT2D eigenvalue weighted by molar-refractivity contribution is -0.142. The third-order valence-electron chi connectivity index (χ3n) is 8.44. The smallest absolute Gasteiger partial charge is 0.302 e. The molecule has 1 aliphatic rings. The molecular formula is C37H37FN8O5. The zero-order valence-electron chi connectivity index (χ0n) is 28.6. The summed E-state index contributed by atoms with van der Waals surface area (Å²) in [5.74, 6) is -0.657. The fraction of sp³-hybridized carbons (Fsp3) is 0.270. The number of rotatable bonds is 10. The van der Waals surface area contributed by atoms with Crippen LogP contribution in [0.1, 0.15) is 54.7 Å². The van der Waals surface area contributed by atoms with Crippen molar-refractivity contribution >= 4 is 41.7 Å². The minimum atomic E-state index is -0.507. The van der Waals surface area contributed by atoms with Crippen molar-refractivity contribution in [2.45, 2.75) is 39.7 Å². The monoisotopic (exact) mass is 692 g/mol. The van der Waals surface area contributed by atoms with Crippen molar-refractivity contribution in [2.24, 2.45) is 5.10 Å². The van der Waals surface area contributed by atoms with Crippen LogP contribution >= 0.6 is 0 Å². The second-order valence-electron chi connectivity index (χ2n) is 12.9. The van der Waals surface area contributed by atoms with Gasteiger partial charge in [-0.25, -0.2) is 24.3 Å². The Morgan fingerprint density at radius 1 is 1.08 bits per heavy atom. The van der Waals surface area contributed by atoms with E-state index in [1.54, 1.807) is 39.9 Å². The lowest BCUT2D eigenvalue weighted by Gasteiger charge is -2.26. The molecule has 2 amide bonds. The van der Waals surface area contributed by atoms with E-state index < -0.39 is 11.8 Å². The van der Waals surface area contributed by atoms with Crippen molar-refractivity contribution in [3.05, 3.63) is 95.3 Å².